The summed E-state index contributed by atoms with van der Waals surface area (Å²) in [7, 11) is 0. The second kappa shape index (κ2) is 10.4. The number of aryl methyl sites for hydroxylation is 2. The molecule has 3 fully saturated rings. The molecule has 7 atom stereocenters. The number of anilines is 2. The predicted octanol–water partition coefficient (Wildman–Crippen LogP) is 4.62. The fourth-order valence-corrected chi connectivity index (χ4v) is 7.69. The lowest BCUT2D eigenvalue weighted by molar-refractivity contribution is -0.148. The zero-order valence-corrected chi connectivity index (χ0v) is 24.3. The van der Waals surface area contributed by atoms with Gasteiger partial charge in [0.2, 0.25) is 17.7 Å². The van der Waals surface area contributed by atoms with Gasteiger partial charge >= 0.3 is 0 Å². The minimum Gasteiger partial charge on any atom is -0.394 e. The van der Waals surface area contributed by atoms with Gasteiger partial charge in [-0.15, -0.1) is 0 Å². The van der Waals surface area contributed by atoms with E-state index in [4.69, 9.17) is 4.74 Å². The van der Waals surface area contributed by atoms with E-state index in [1.165, 1.54) is 4.90 Å². The number of ether oxygens (including phenoxy) is 1. The van der Waals surface area contributed by atoms with Crippen molar-refractivity contribution < 1.29 is 24.2 Å². The highest BCUT2D eigenvalue weighted by Crippen LogP contribution is 2.66. The molecule has 3 aliphatic rings. The molecule has 3 unspecified atom stereocenters. The number of nitrogens with one attached hydrogen (secondary N) is 2. The molecule has 42 heavy (non-hydrogen) atoms. The predicted molar refractivity (Wildman–Crippen MR) is 160 cm³/mol. The van der Waals surface area contributed by atoms with E-state index in [0.717, 1.165) is 11.1 Å². The van der Waals surface area contributed by atoms with Crippen molar-refractivity contribution in [1.82, 2.24) is 4.90 Å². The molecule has 2 bridgehead atoms. The molecule has 218 valence electrons. The Hall–Kier alpha value is -4.01. The van der Waals surface area contributed by atoms with Gasteiger partial charge in [-0.2, -0.15) is 0 Å². The molecule has 3 aliphatic heterocycles. The Bertz CT molecular complexity index is 1510. The number of amides is 3. The largest absolute Gasteiger partial charge is 0.394 e. The standard InChI is InChI=1S/C34H37N3O5/c1-20-12-11-13-21(2)28(20)36-31(40)29-34-18-22(3)33(4,42-34)26(30(39)35-24-16-9-6-10-17-24)27(34)32(41)37(29)25(19-38)23-14-7-5-8-15-23/h5-17,22,25-27,29,38H,18-19H2,1-4H3,(H,35,39)(H,36,40)/t22?,25-,26+,27+,29?,33-,34?/m1/s1. The number of carbonyl (C=O) groups is 3. The fraction of sp³-hybridized carbons (Fsp3) is 0.382. The van der Waals surface area contributed by atoms with Crippen LogP contribution in [0.5, 0.6) is 0 Å². The van der Waals surface area contributed by atoms with Crippen LogP contribution in [0.3, 0.4) is 0 Å². The van der Waals surface area contributed by atoms with Gasteiger partial charge in [-0.3, -0.25) is 14.4 Å². The van der Waals surface area contributed by atoms with Crippen molar-refractivity contribution >= 4 is 29.1 Å². The van der Waals surface area contributed by atoms with Crippen LogP contribution in [0.2, 0.25) is 0 Å². The molecule has 3 heterocycles. The number of likely N-dealkylation sites (tertiary alicyclic amines) is 1. The van der Waals surface area contributed by atoms with Crippen LogP contribution in [0.15, 0.2) is 78.9 Å². The lowest BCUT2D eigenvalue weighted by Gasteiger charge is -2.37. The monoisotopic (exact) mass is 567 g/mol. The molecule has 1 spiro atoms. The van der Waals surface area contributed by atoms with Crippen molar-refractivity contribution in [2.75, 3.05) is 17.2 Å². The van der Waals surface area contributed by atoms with E-state index >= 15 is 0 Å². The molecule has 0 saturated carbocycles. The van der Waals surface area contributed by atoms with Crippen LogP contribution in [-0.2, 0) is 19.1 Å². The third-order valence-electron chi connectivity index (χ3n) is 9.75. The van der Waals surface area contributed by atoms with Crippen LogP contribution in [0, 0.1) is 31.6 Å². The number of fused-ring (bicyclic) bond motifs is 1. The highest BCUT2D eigenvalue weighted by atomic mass is 16.5. The summed E-state index contributed by atoms with van der Waals surface area (Å²) in [5.74, 6) is -2.89. The van der Waals surface area contributed by atoms with Crippen LogP contribution in [0.25, 0.3) is 0 Å². The number of carbonyl (C=O) groups excluding carboxylic acids is 3. The first-order chi connectivity index (χ1) is 20.1. The van der Waals surface area contributed by atoms with Crippen LogP contribution < -0.4 is 10.6 Å². The molecule has 3 N–H and O–H groups in total. The Morgan fingerprint density at radius 2 is 1.57 bits per heavy atom. The third kappa shape index (κ3) is 4.15. The molecule has 6 rings (SSSR count). The lowest BCUT2D eigenvalue weighted by atomic mass is 9.62. The number of benzene rings is 3. The van der Waals surface area contributed by atoms with E-state index in [-0.39, 0.29) is 24.3 Å². The molecule has 0 aliphatic carbocycles. The minimum absolute atomic E-state index is 0.104. The average molecular weight is 568 g/mol. The van der Waals surface area contributed by atoms with Gasteiger partial charge in [0.25, 0.3) is 0 Å². The first kappa shape index (κ1) is 28.1. The quantitative estimate of drug-likeness (QED) is 0.386. The smallest absolute Gasteiger partial charge is 0.250 e. The van der Waals surface area contributed by atoms with Crippen LogP contribution in [0.1, 0.15) is 43.0 Å². The van der Waals surface area contributed by atoms with Crippen molar-refractivity contribution in [2.24, 2.45) is 17.8 Å². The fourth-order valence-electron chi connectivity index (χ4n) is 7.69. The Balaban J connectivity index is 1.47. The van der Waals surface area contributed by atoms with Gasteiger partial charge in [-0.25, -0.2) is 0 Å². The number of rotatable bonds is 7. The number of aliphatic hydroxyl groups is 1. The number of hydrogen-bond acceptors (Lipinski definition) is 5. The Kier molecular flexibility index (Phi) is 6.94. The number of aliphatic hydroxyl groups excluding tert-OH is 1. The van der Waals surface area contributed by atoms with E-state index < -0.39 is 41.0 Å². The zero-order chi connectivity index (χ0) is 29.8. The summed E-state index contributed by atoms with van der Waals surface area (Å²) >= 11 is 0. The second-order valence-electron chi connectivity index (χ2n) is 12.2. The summed E-state index contributed by atoms with van der Waals surface area (Å²) in [6.45, 7) is 7.36. The molecule has 3 aromatic carbocycles. The second-order valence-corrected chi connectivity index (χ2v) is 12.2. The van der Waals surface area contributed by atoms with E-state index in [1.807, 2.05) is 94.4 Å². The van der Waals surface area contributed by atoms with Crippen LogP contribution in [-0.4, -0.2) is 51.6 Å². The molecule has 8 heteroatoms. The number of para-hydroxylation sites is 2. The maximum Gasteiger partial charge on any atom is 0.250 e. The molecular formula is C34H37N3O5. The molecule has 3 aromatic rings. The number of hydrogen-bond donors (Lipinski definition) is 3. The molecule has 3 amide bonds. The summed E-state index contributed by atoms with van der Waals surface area (Å²) < 4.78 is 6.85. The highest BCUT2D eigenvalue weighted by Gasteiger charge is 2.80. The Labute approximate surface area is 246 Å². The molecule has 3 saturated heterocycles. The summed E-state index contributed by atoms with van der Waals surface area (Å²) in [4.78, 5) is 44.6. The Morgan fingerprint density at radius 1 is 0.952 bits per heavy atom. The Morgan fingerprint density at radius 3 is 2.19 bits per heavy atom. The summed E-state index contributed by atoms with van der Waals surface area (Å²) in [5.41, 5.74) is 1.60. The maximum absolute atomic E-state index is 14.6. The van der Waals surface area contributed by atoms with Gasteiger partial charge in [-0.05, 0) is 61.9 Å². The molecule has 0 aromatic heterocycles. The van der Waals surface area contributed by atoms with E-state index in [0.29, 0.717) is 23.4 Å². The lowest BCUT2D eigenvalue weighted by Crippen LogP contribution is -2.54. The van der Waals surface area contributed by atoms with Crippen molar-refractivity contribution in [3.8, 4) is 0 Å². The van der Waals surface area contributed by atoms with E-state index in [1.54, 1.807) is 12.1 Å². The van der Waals surface area contributed by atoms with Gasteiger partial charge in [0, 0.05) is 11.4 Å². The first-order valence-electron chi connectivity index (χ1n) is 14.5. The normalized spacial score (nSPS) is 30.2. The van der Waals surface area contributed by atoms with Crippen LogP contribution in [0.4, 0.5) is 11.4 Å². The van der Waals surface area contributed by atoms with Crippen molar-refractivity contribution in [2.45, 2.75) is 57.4 Å². The molecular weight excluding hydrogens is 530 g/mol. The molecule has 0 radical (unpaired) electrons. The van der Waals surface area contributed by atoms with Crippen molar-refractivity contribution in [1.29, 1.82) is 0 Å². The summed E-state index contributed by atoms with van der Waals surface area (Å²) in [6.07, 6.45) is 0.434. The SMILES string of the molecule is Cc1cccc(C)c1NC(=O)C1N([C@H](CO)c2ccccc2)C(=O)[C@@H]2[C@@H](C(=O)Nc3ccccc3)[C@]3(C)OC12CC3C. The van der Waals surface area contributed by atoms with E-state index in [2.05, 4.69) is 10.6 Å². The maximum atomic E-state index is 14.6. The van der Waals surface area contributed by atoms with Gasteiger partial charge in [-0.1, -0.05) is 73.7 Å². The highest BCUT2D eigenvalue weighted by molar-refractivity contribution is 6.06. The van der Waals surface area contributed by atoms with Gasteiger partial charge < -0.3 is 25.4 Å². The third-order valence-corrected chi connectivity index (χ3v) is 9.75. The van der Waals surface area contributed by atoms with Crippen molar-refractivity contribution in [3.05, 3.63) is 95.6 Å². The number of nitrogens with zero attached hydrogens (tertiary/aromatic N) is 1. The minimum atomic E-state index is -1.24. The van der Waals surface area contributed by atoms with Gasteiger partial charge in [0.15, 0.2) is 0 Å². The van der Waals surface area contributed by atoms with Crippen molar-refractivity contribution in [3.63, 3.8) is 0 Å². The van der Waals surface area contributed by atoms with Gasteiger partial charge in [0.05, 0.1) is 30.1 Å². The van der Waals surface area contributed by atoms with Crippen LogP contribution >= 0.6 is 0 Å². The summed E-state index contributed by atoms with van der Waals surface area (Å²) in [5, 5.41) is 16.8. The van der Waals surface area contributed by atoms with E-state index in [9.17, 15) is 19.5 Å². The first-order valence-corrected chi connectivity index (χ1v) is 14.5. The zero-order valence-electron chi connectivity index (χ0n) is 24.3. The summed E-state index contributed by atoms with van der Waals surface area (Å²) in [6, 6.07) is 22.3. The topological polar surface area (TPSA) is 108 Å². The average Bonchev–Trinajstić information content (AvgIpc) is 3.49. The van der Waals surface area contributed by atoms with Gasteiger partial charge in [0.1, 0.15) is 11.6 Å². The molecule has 8 nitrogen and oxygen atoms in total.